The molecule has 0 aliphatic carbocycles. The third kappa shape index (κ3) is 4.84. The van der Waals surface area contributed by atoms with E-state index in [1.807, 2.05) is 49.4 Å². The van der Waals surface area contributed by atoms with Crippen LogP contribution >= 0.6 is 23.4 Å². The predicted molar refractivity (Wildman–Crippen MR) is 98.5 cm³/mol. The highest BCUT2D eigenvalue weighted by molar-refractivity contribution is 7.99. The van der Waals surface area contributed by atoms with Gasteiger partial charge in [0.25, 0.3) is 5.22 Å². The molecule has 7 heteroatoms. The normalized spacial score (nSPS) is 10.6. The Morgan fingerprint density at radius 3 is 2.84 bits per heavy atom. The molecule has 1 N–H and O–H groups in total. The van der Waals surface area contributed by atoms with E-state index < -0.39 is 0 Å². The van der Waals surface area contributed by atoms with Crippen LogP contribution in [0.4, 0.5) is 0 Å². The van der Waals surface area contributed by atoms with Gasteiger partial charge in [-0.25, -0.2) is 0 Å². The number of thioether (sulfide) groups is 1. The zero-order valence-electron chi connectivity index (χ0n) is 13.5. The fourth-order valence-electron chi connectivity index (χ4n) is 2.22. The Kier molecular flexibility index (Phi) is 5.73. The number of nitrogens with zero attached hydrogens (tertiary/aromatic N) is 2. The number of hydrogen-bond acceptors (Lipinski definition) is 5. The van der Waals surface area contributed by atoms with Crippen LogP contribution in [0.25, 0.3) is 11.5 Å². The Labute approximate surface area is 154 Å². The van der Waals surface area contributed by atoms with Crippen LogP contribution in [0.1, 0.15) is 11.1 Å². The fraction of sp³-hybridized carbons (Fsp3) is 0.167. The van der Waals surface area contributed by atoms with Gasteiger partial charge in [0.2, 0.25) is 11.8 Å². The lowest BCUT2D eigenvalue weighted by Crippen LogP contribution is -2.24. The number of benzene rings is 2. The van der Waals surface area contributed by atoms with Crippen LogP contribution in [-0.4, -0.2) is 21.9 Å². The van der Waals surface area contributed by atoms with Crippen molar-refractivity contribution in [2.45, 2.75) is 18.7 Å². The SMILES string of the molecule is Cc1ccccc1-c1nnc(SCC(=O)NCc2cccc(Cl)c2)o1. The van der Waals surface area contributed by atoms with E-state index in [2.05, 4.69) is 15.5 Å². The standard InChI is InChI=1S/C18H16ClN3O2S/c1-12-5-2-3-8-15(12)17-21-22-18(24-17)25-11-16(23)20-10-13-6-4-7-14(19)9-13/h2-9H,10-11H2,1H3,(H,20,23). The first-order valence-corrected chi connectivity index (χ1v) is 9.01. The second-order valence-electron chi connectivity index (χ2n) is 5.38. The van der Waals surface area contributed by atoms with Gasteiger partial charge in [-0.15, -0.1) is 10.2 Å². The zero-order chi connectivity index (χ0) is 17.6. The van der Waals surface area contributed by atoms with E-state index in [9.17, 15) is 4.79 Å². The van der Waals surface area contributed by atoms with E-state index in [1.165, 1.54) is 11.8 Å². The number of carbonyl (C=O) groups excluding carboxylic acids is 1. The van der Waals surface area contributed by atoms with Gasteiger partial charge in [0.1, 0.15) is 0 Å². The summed E-state index contributed by atoms with van der Waals surface area (Å²) in [7, 11) is 0. The minimum Gasteiger partial charge on any atom is -0.411 e. The van der Waals surface area contributed by atoms with E-state index in [1.54, 1.807) is 6.07 Å². The molecule has 0 aliphatic heterocycles. The Morgan fingerprint density at radius 1 is 1.20 bits per heavy atom. The molecule has 1 aromatic heterocycles. The Morgan fingerprint density at radius 2 is 2.04 bits per heavy atom. The van der Waals surface area contributed by atoms with Gasteiger partial charge in [-0.3, -0.25) is 4.79 Å². The largest absolute Gasteiger partial charge is 0.411 e. The summed E-state index contributed by atoms with van der Waals surface area (Å²) in [5.74, 6) is 0.552. The lowest BCUT2D eigenvalue weighted by Gasteiger charge is -2.04. The smallest absolute Gasteiger partial charge is 0.277 e. The van der Waals surface area contributed by atoms with E-state index in [0.29, 0.717) is 22.7 Å². The molecule has 0 fully saturated rings. The van der Waals surface area contributed by atoms with Crippen molar-refractivity contribution in [1.82, 2.24) is 15.5 Å². The first-order chi connectivity index (χ1) is 12.1. The van der Waals surface area contributed by atoms with Crippen LogP contribution in [0.2, 0.25) is 5.02 Å². The third-order valence-electron chi connectivity index (χ3n) is 3.49. The van der Waals surface area contributed by atoms with Gasteiger partial charge in [-0.1, -0.05) is 53.7 Å². The fourth-order valence-corrected chi connectivity index (χ4v) is 3.02. The van der Waals surface area contributed by atoms with Gasteiger partial charge >= 0.3 is 0 Å². The molecular formula is C18H16ClN3O2S. The first kappa shape index (κ1) is 17.5. The predicted octanol–water partition coefficient (Wildman–Crippen LogP) is 4.11. The maximum absolute atomic E-state index is 12.0. The molecule has 0 aliphatic rings. The highest BCUT2D eigenvalue weighted by Gasteiger charge is 2.12. The number of rotatable bonds is 6. The first-order valence-electron chi connectivity index (χ1n) is 7.65. The highest BCUT2D eigenvalue weighted by Crippen LogP contribution is 2.25. The number of halogens is 1. The van der Waals surface area contributed by atoms with Crippen LogP contribution in [0, 0.1) is 6.92 Å². The minimum absolute atomic E-state index is 0.111. The molecule has 25 heavy (non-hydrogen) atoms. The number of aryl methyl sites for hydroxylation is 1. The molecule has 0 radical (unpaired) electrons. The second kappa shape index (κ2) is 8.18. The number of carbonyl (C=O) groups is 1. The molecule has 0 saturated heterocycles. The number of amides is 1. The van der Waals surface area contributed by atoms with Crippen molar-refractivity contribution in [1.29, 1.82) is 0 Å². The van der Waals surface area contributed by atoms with Crippen molar-refractivity contribution < 1.29 is 9.21 Å². The molecule has 0 atom stereocenters. The molecule has 1 heterocycles. The lowest BCUT2D eigenvalue weighted by molar-refractivity contribution is -0.118. The maximum Gasteiger partial charge on any atom is 0.277 e. The van der Waals surface area contributed by atoms with Gasteiger partial charge in [0.05, 0.1) is 5.75 Å². The summed E-state index contributed by atoms with van der Waals surface area (Å²) in [4.78, 5) is 12.0. The minimum atomic E-state index is -0.111. The van der Waals surface area contributed by atoms with E-state index in [4.69, 9.17) is 16.0 Å². The molecule has 128 valence electrons. The average Bonchev–Trinajstić information content (AvgIpc) is 3.07. The van der Waals surface area contributed by atoms with Crippen molar-refractivity contribution in [3.8, 4) is 11.5 Å². The van der Waals surface area contributed by atoms with E-state index in [-0.39, 0.29) is 11.7 Å². The van der Waals surface area contributed by atoms with Gasteiger partial charge < -0.3 is 9.73 Å². The zero-order valence-corrected chi connectivity index (χ0v) is 15.1. The summed E-state index contributed by atoms with van der Waals surface area (Å²) in [5.41, 5.74) is 2.90. The van der Waals surface area contributed by atoms with Crippen LogP contribution in [-0.2, 0) is 11.3 Å². The lowest BCUT2D eigenvalue weighted by atomic mass is 10.1. The molecule has 2 aromatic carbocycles. The third-order valence-corrected chi connectivity index (χ3v) is 4.54. The quantitative estimate of drug-likeness (QED) is 0.658. The summed E-state index contributed by atoms with van der Waals surface area (Å²) in [6, 6.07) is 15.2. The number of hydrogen-bond donors (Lipinski definition) is 1. The molecule has 0 unspecified atom stereocenters. The van der Waals surface area contributed by atoms with Crippen LogP contribution < -0.4 is 5.32 Å². The van der Waals surface area contributed by atoms with Gasteiger partial charge in [-0.05, 0) is 36.2 Å². The summed E-state index contributed by atoms with van der Waals surface area (Å²) < 4.78 is 5.62. The van der Waals surface area contributed by atoms with Crippen LogP contribution in [0.3, 0.4) is 0 Å². The molecule has 0 bridgehead atoms. The number of aromatic nitrogens is 2. The maximum atomic E-state index is 12.0. The average molecular weight is 374 g/mol. The van der Waals surface area contributed by atoms with Gasteiger partial charge in [-0.2, -0.15) is 0 Å². The molecule has 0 spiro atoms. The summed E-state index contributed by atoms with van der Waals surface area (Å²) in [5, 5.41) is 11.9. The summed E-state index contributed by atoms with van der Waals surface area (Å²) in [6.45, 7) is 2.41. The van der Waals surface area contributed by atoms with Crippen molar-refractivity contribution in [3.63, 3.8) is 0 Å². The molecule has 0 saturated carbocycles. The molecule has 5 nitrogen and oxygen atoms in total. The highest BCUT2D eigenvalue weighted by atomic mass is 35.5. The van der Waals surface area contributed by atoms with Gasteiger partial charge in [0, 0.05) is 17.1 Å². The molecule has 1 amide bonds. The van der Waals surface area contributed by atoms with Crippen molar-refractivity contribution >= 4 is 29.3 Å². The number of nitrogens with one attached hydrogen (secondary N) is 1. The molecule has 3 aromatic rings. The van der Waals surface area contributed by atoms with Crippen LogP contribution in [0.15, 0.2) is 58.2 Å². The molecular weight excluding hydrogens is 358 g/mol. The topological polar surface area (TPSA) is 68.0 Å². The Bertz CT molecular complexity index is 882. The van der Waals surface area contributed by atoms with Crippen molar-refractivity contribution in [2.24, 2.45) is 0 Å². The van der Waals surface area contributed by atoms with E-state index >= 15 is 0 Å². The monoisotopic (exact) mass is 373 g/mol. The summed E-state index contributed by atoms with van der Waals surface area (Å²) >= 11 is 7.13. The van der Waals surface area contributed by atoms with Crippen molar-refractivity contribution in [2.75, 3.05) is 5.75 Å². The van der Waals surface area contributed by atoms with Crippen molar-refractivity contribution in [3.05, 3.63) is 64.7 Å². The molecule has 3 rings (SSSR count). The Hall–Kier alpha value is -2.31. The van der Waals surface area contributed by atoms with Gasteiger partial charge in [0.15, 0.2) is 0 Å². The Balaban J connectivity index is 1.52. The summed E-state index contributed by atoms with van der Waals surface area (Å²) in [6.07, 6.45) is 0. The van der Waals surface area contributed by atoms with E-state index in [0.717, 1.165) is 16.7 Å². The second-order valence-corrected chi connectivity index (χ2v) is 6.75. The van der Waals surface area contributed by atoms with Crippen LogP contribution in [0.5, 0.6) is 0 Å².